The van der Waals surface area contributed by atoms with Crippen LogP contribution in [0.3, 0.4) is 0 Å². The molecule has 2 aliphatic rings. The number of fused-ring (bicyclic) bond motifs is 2. The van der Waals surface area contributed by atoms with E-state index in [1.165, 1.54) is 25.7 Å². The minimum absolute atomic E-state index is 0.0888. The van der Waals surface area contributed by atoms with Gasteiger partial charge in [0.2, 0.25) is 5.91 Å². The topological polar surface area (TPSA) is 41.1 Å². The SMILES string of the molecule is C=CC(C)NC(=O)CC1CC2CCC(C1)N2. The maximum Gasteiger partial charge on any atom is 0.220 e. The number of nitrogens with one attached hydrogen (secondary N) is 2. The Morgan fingerprint density at radius 3 is 2.69 bits per heavy atom. The highest BCUT2D eigenvalue weighted by Gasteiger charge is 2.34. The molecule has 2 bridgehead atoms. The molecule has 3 nitrogen and oxygen atoms in total. The third-order valence-corrected chi connectivity index (χ3v) is 3.79. The fourth-order valence-corrected chi connectivity index (χ4v) is 2.98. The Balaban J connectivity index is 1.77. The lowest BCUT2D eigenvalue weighted by atomic mass is 9.89. The Morgan fingerprint density at radius 1 is 1.50 bits per heavy atom. The van der Waals surface area contributed by atoms with E-state index >= 15 is 0 Å². The Kier molecular flexibility index (Phi) is 3.64. The van der Waals surface area contributed by atoms with E-state index in [0.717, 1.165) is 0 Å². The summed E-state index contributed by atoms with van der Waals surface area (Å²) in [7, 11) is 0. The second-order valence-corrected chi connectivity index (χ2v) is 5.27. The second-order valence-electron chi connectivity index (χ2n) is 5.27. The van der Waals surface area contributed by atoms with E-state index in [1.54, 1.807) is 6.08 Å². The molecule has 0 aromatic carbocycles. The first kappa shape index (κ1) is 11.6. The van der Waals surface area contributed by atoms with Gasteiger partial charge in [0.25, 0.3) is 0 Å². The zero-order valence-electron chi connectivity index (χ0n) is 10.0. The van der Waals surface area contributed by atoms with E-state index in [9.17, 15) is 4.79 Å². The van der Waals surface area contributed by atoms with Crippen LogP contribution in [0, 0.1) is 5.92 Å². The summed E-state index contributed by atoms with van der Waals surface area (Å²) in [5.41, 5.74) is 0. The number of rotatable bonds is 4. The molecule has 0 aromatic rings. The lowest BCUT2D eigenvalue weighted by Gasteiger charge is -2.28. The molecule has 3 unspecified atom stereocenters. The first-order chi connectivity index (χ1) is 7.67. The zero-order valence-corrected chi connectivity index (χ0v) is 10.0. The molecule has 16 heavy (non-hydrogen) atoms. The normalized spacial score (nSPS) is 34.4. The van der Waals surface area contributed by atoms with Crippen LogP contribution in [0.4, 0.5) is 0 Å². The fraction of sp³-hybridized carbons (Fsp3) is 0.769. The quantitative estimate of drug-likeness (QED) is 0.709. The van der Waals surface area contributed by atoms with Gasteiger partial charge in [0.15, 0.2) is 0 Å². The number of carbonyl (C=O) groups excluding carboxylic acids is 1. The summed E-state index contributed by atoms with van der Waals surface area (Å²) in [6.07, 6.45) is 7.40. The van der Waals surface area contributed by atoms with Gasteiger partial charge >= 0.3 is 0 Å². The van der Waals surface area contributed by atoms with Crippen molar-refractivity contribution in [1.29, 1.82) is 0 Å². The van der Waals surface area contributed by atoms with Crippen molar-refractivity contribution in [2.45, 2.75) is 57.2 Å². The summed E-state index contributed by atoms with van der Waals surface area (Å²) in [5.74, 6) is 0.759. The maximum atomic E-state index is 11.7. The van der Waals surface area contributed by atoms with Crippen molar-refractivity contribution in [3.8, 4) is 0 Å². The largest absolute Gasteiger partial charge is 0.350 e. The number of hydrogen-bond acceptors (Lipinski definition) is 2. The lowest BCUT2D eigenvalue weighted by Crippen LogP contribution is -2.40. The average molecular weight is 222 g/mol. The van der Waals surface area contributed by atoms with E-state index in [4.69, 9.17) is 0 Å². The van der Waals surface area contributed by atoms with Gasteiger partial charge in [-0.15, -0.1) is 6.58 Å². The Morgan fingerprint density at radius 2 is 2.12 bits per heavy atom. The van der Waals surface area contributed by atoms with Crippen LogP contribution in [-0.2, 0) is 4.79 Å². The second kappa shape index (κ2) is 5.00. The molecule has 1 amide bonds. The average Bonchev–Trinajstić information content (AvgIpc) is 2.57. The molecule has 2 heterocycles. The Bertz CT molecular complexity index is 265. The van der Waals surface area contributed by atoms with Gasteiger partial charge in [-0.3, -0.25) is 4.79 Å². The van der Waals surface area contributed by atoms with Crippen molar-refractivity contribution in [3.05, 3.63) is 12.7 Å². The van der Waals surface area contributed by atoms with Crippen LogP contribution in [-0.4, -0.2) is 24.0 Å². The van der Waals surface area contributed by atoms with Crippen molar-refractivity contribution in [2.75, 3.05) is 0 Å². The summed E-state index contributed by atoms with van der Waals surface area (Å²) in [5, 5.41) is 6.55. The van der Waals surface area contributed by atoms with Gasteiger partial charge in [-0.2, -0.15) is 0 Å². The Hall–Kier alpha value is -0.830. The molecular formula is C13H22N2O. The van der Waals surface area contributed by atoms with Gasteiger partial charge in [-0.25, -0.2) is 0 Å². The molecule has 0 saturated carbocycles. The van der Waals surface area contributed by atoms with Crippen LogP contribution < -0.4 is 10.6 Å². The molecule has 0 radical (unpaired) electrons. The van der Waals surface area contributed by atoms with E-state index in [0.29, 0.717) is 24.4 Å². The highest BCUT2D eigenvalue weighted by atomic mass is 16.1. The van der Waals surface area contributed by atoms with Crippen LogP contribution in [0.5, 0.6) is 0 Å². The van der Waals surface area contributed by atoms with E-state index < -0.39 is 0 Å². The monoisotopic (exact) mass is 222 g/mol. The molecule has 2 fully saturated rings. The highest BCUT2D eigenvalue weighted by molar-refractivity contribution is 5.76. The minimum atomic E-state index is 0.0888. The summed E-state index contributed by atoms with van der Waals surface area (Å²) in [6.45, 7) is 5.63. The van der Waals surface area contributed by atoms with E-state index in [2.05, 4.69) is 17.2 Å². The fourth-order valence-electron chi connectivity index (χ4n) is 2.98. The smallest absolute Gasteiger partial charge is 0.220 e. The standard InChI is InChI=1S/C13H22N2O/c1-3-9(2)14-13(16)8-10-6-11-4-5-12(7-10)15-11/h3,9-12,15H,1,4-8H2,2H3,(H,14,16). The first-order valence-corrected chi connectivity index (χ1v) is 6.35. The summed E-state index contributed by atoms with van der Waals surface area (Å²) < 4.78 is 0. The summed E-state index contributed by atoms with van der Waals surface area (Å²) in [6, 6.07) is 1.44. The first-order valence-electron chi connectivity index (χ1n) is 6.35. The van der Waals surface area contributed by atoms with Crippen LogP contribution in [0.25, 0.3) is 0 Å². The number of amides is 1. The predicted octanol–water partition coefficient (Wildman–Crippen LogP) is 1.60. The van der Waals surface area contributed by atoms with Crippen molar-refractivity contribution < 1.29 is 4.79 Å². The van der Waals surface area contributed by atoms with Gasteiger partial charge in [0.05, 0.1) is 0 Å². The van der Waals surface area contributed by atoms with Crippen LogP contribution in [0.1, 0.15) is 39.0 Å². The van der Waals surface area contributed by atoms with E-state index in [-0.39, 0.29) is 11.9 Å². The van der Waals surface area contributed by atoms with Gasteiger partial charge in [0, 0.05) is 24.5 Å². The molecule has 0 spiro atoms. The summed E-state index contributed by atoms with van der Waals surface area (Å²) in [4.78, 5) is 11.7. The predicted molar refractivity (Wildman–Crippen MR) is 65.1 cm³/mol. The molecule has 90 valence electrons. The zero-order chi connectivity index (χ0) is 11.5. The maximum absolute atomic E-state index is 11.7. The molecule has 3 atom stereocenters. The molecule has 0 aromatic heterocycles. The summed E-state index contributed by atoms with van der Waals surface area (Å²) >= 11 is 0. The molecule has 2 aliphatic heterocycles. The minimum Gasteiger partial charge on any atom is -0.350 e. The molecule has 2 saturated heterocycles. The lowest BCUT2D eigenvalue weighted by molar-refractivity contribution is -0.122. The third-order valence-electron chi connectivity index (χ3n) is 3.79. The number of piperidine rings is 1. The van der Waals surface area contributed by atoms with Gasteiger partial charge in [-0.05, 0) is 38.5 Å². The number of carbonyl (C=O) groups is 1. The van der Waals surface area contributed by atoms with Crippen LogP contribution in [0.2, 0.25) is 0 Å². The number of hydrogen-bond donors (Lipinski definition) is 2. The van der Waals surface area contributed by atoms with Gasteiger partial charge in [-0.1, -0.05) is 6.08 Å². The highest BCUT2D eigenvalue weighted by Crippen LogP contribution is 2.32. The van der Waals surface area contributed by atoms with Crippen molar-refractivity contribution in [3.63, 3.8) is 0 Å². The molecule has 2 N–H and O–H groups in total. The van der Waals surface area contributed by atoms with Gasteiger partial charge < -0.3 is 10.6 Å². The molecule has 3 heteroatoms. The molecular weight excluding hydrogens is 200 g/mol. The van der Waals surface area contributed by atoms with Gasteiger partial charge in [0.1, 0.15) is 0 Å². The molecule has 2 rings (SSSR count). The third kappa shape index (κ3) is 2.85. The van der Waals surface area contributed by atoms with E-state index in [1.807, 2.05) is 6.92 Å². The van der Waals surface area contributed by atoms with Crippen molar-refractivity contribution in [2.24, 2.45) is 5.92 Å². The van der Waals surface area contributed by atoms with Crippen LogP contribution >= 0.6 is 0 Å². The van der Waals surface area contributed by atoms with Crippen molar-refractivity contribution in [1.82, 2.24) is 10.6 Å². The van der Waals surface area contributed by atoms with Crippen molar-refractivity contribution >= 4 is 5.91 Å². The Labute approximate surface area is 97.7 Å². The molecule has 0 aliphatic carbocycles. The van der Waals surface area contributed by atoms with Crippen LogP contribution in [0.15, 0.2) is 12.7 Å².